The van der Waals surface area contributed by atoms with Gasteiger partial charge in [-0.25, -0.2) is 9.59 Å². The lowest BCUT2D eigenvalue weighted by Crippen LogP contribution is -2.53. The van der Waals surface area contributed by atoms with Crippen LogP contribution in [0.25, 0.3) is 0 Å². The van der Waals surface area contributed by atoms with Gasteiger partial charge in [-0.15, -0.1) is 0 Å². The van der Waals surface area contributed by atoms with Crippen LogP contribution in [0.3, 0.4) is 0 Å². The summed E-state index contributed by atoms with van der Waals surface area (Å²) in [7, 11) is 5.74. The van der Waals surface area contributed by atoms with Crippen molar-refractivity contribution in [2.45, 2.75) is 193 Å². The van der Waals surface area contributed by atoms with Crippen LogP contribution in [-0.4, -0.2) is 168 Å². The predicted octanol–water partition coefficient (Wildman–Crippen LogP) is 8.30. The average molecular weight is 1430 g/mol. The maximum absolute atomic E-state index is 14.6. The van der Waals surface area contributed by atoms with Crippen LogP contribution in [0, 0.1) is 30.6 Å². The fourth-order valence-electron chi connectivity index (χ4n) is 11.7. The SMILES string of the molecule is CNC(=O)c1cc(C(=O)N(C)[C@@H](C)C(=O)O[C@H]2CC(=O)N(C)c3cc(cc(C)c3Cl)C/C(C)=C/C=C/[C@@H](OC)[C@]3(O)CC(=O)O[C@@H](C3)[C@@H](C)[C@@H]3O[C@@]23C)ccc1CC(=O)[C@H](CCCNC(N)=O)NC(=O)[C@@H](CC(=O)CCCCC(C)(C)OC(=O)C(CBr)CBr)C(C)C. The number of methoxy groups -OCH3 is 1. The number of carbonyl (C=O) groups is 10. The number of urea groups is 1. The number of esters is 3. The first kappa shape index (κ1) is 76.7. The van der Waals surface area contributed by atoms with Gasteiger partial charge in [-0.1, -0.05) is 100 Å². The van der Waals surface area contributed by atoms with Crippen molar-refractivity contribution in [1.82, 2.24) is 20.9 Å². The van der Waals surface area contributed by atoms with Crippen molar-refractivity contribution < 1.29 is 76.7 Å². The molecule has 0 aliphatic carbocycles. The molecule has 2 aromatic carbocycles. The predicted molar refractivity (Wildman–Crippen MR) is 355 cm³/mol. The fraction of sp³-hybridized carbons (Fsp3) is 0.612. The standard InChI is InChI=1S/C67H93Br2ClN6O16/c1-37(2)47(31-46(77)19-14-15-24-65(7,8)92-63(85)45(35-68)36-69)60(82)74-49(20-17-25-73-64(71)86)51(78)30-43-22-23-44(29-48(43)59(81)72-10)61(83)75(11)41(6)62(84)90-54-32-55(79)76(12)50-28-42(27-39(4)57(50)70)26-38(3)18-16-21-53(88-13)67(87)33-52(89-56(80)34-67)40(5)58-66(54,9)91-58/h16,18,21-23,27-29,37,40-41,45,47,49,52-54,58,87H,14-15,17,19-20,24-26,30-36H2,1-13H3,(H,72,81)(H,74,82)(H3,71,73,86)/b21-16+,38-18+/t40-,41+,47+,49+,52+,53-,54+,58+,66+,67-/m1/s1. The van der Waals surface area contributed by atoms with Crippen molar-refractivity contribution >= 4 is 108 Å². The zero-order valence-electron chi connectivity index (χ0n) is 55.2. The topological polar surface area (TPSA) is 309 Å². The minimum Gasteiger partial charge on any atom is -0.462 e. The van der Waals surface area contributed by atoms with E-state index in [1.54, 1.807) is 46.9 Å². The number of hydrogen-bond acceptors (Lipinski definition) is 16. The summed E-state index contributed by atoms with van der Waals surface area (Å²) >= 11 is 13.6. The number of benzene rings is 2. The number of Topliss-reactive ketones (excluding diaryl/α,β-unsaturated/α-hetero) is 2. The number of nitrogens with one attached hydrogen (secondary N) is 3. The highest BCUT2D eigenvalue weighted by molar-refractivity contribution is 9.09. The van der Waals surface area contributed by atoms with E-state index in [4.69, 9.17) is 41.0 Å². The Kier molecular flexibility index (Phi) is 28.2. The molecule has 2 saturated heterocycles. The Labute approximate surface area is 562 Å². The number of alkyl halides is 2. The van der Waals surface area contributed by atoms with Crippen LogP contribution >= 0.6 is 43.5 Å². The molecule has 6 N–H and O–H groups in total. The highest BCUT2D eigenvalue weighted by Gasteiger charge is 2.64. The Morgan fingerprint density at radius 1 is 1.00 bits per heavy atom. The number of likely N-dealkylation sites (N-methyl/N-ethyl adjacent to an activating group) is 1. The van der Waals surface area contributed by atoms with Crippen molar-refractivity contribution in [3.05, 3.63) is 87.0 Å². The molecule has 2 aromatic rings. The Hall–Kier alpha value is -6.05. The molecule has 5 rings (SSSR count). The van der Waals surface area contributed by atoms with E-state index >= 15 is 0 Å². The lowest BCUT2D eigenvalue weighted by atomic mass is 9.78. The number of halogens is 3. The monoisotopic (exact) mass is 1430 g/mol. The summed E-state index contributed by atoms with van der Waals surface area (Å²) in [6, 6.07) is 4.59. The van der Waals surface area contributed by atoms with Gasteiger partial charge in [0.1, 0.15) is 46.9 Å². The minimum atomic E-state index is -1.67. The number of fused-ring (bicyclic) bond motifs is 5. The maximum atomic E-state index is 14.6. The van der Waals surface area contributed by atoms with E-state index in [1.807, 2.05) is 45.9 Å². The number of primary amides is 1. The summed E-state index contributed by atoms with van der Waals surface area (Å²) in [5.41, 5.74) is 4.53. The molecule has 92 heavy (non-hydrogen) atoms. The van der Waals surface area contributed by atoms with E-state index in [0.29, 0.717) is 52.6 Å². The Morgan fingerprint density at radius 2 is 1.68 bits per heavy atom. The Bertz CT molecular complexity index is 3120. The van der Waals surface area contributed by atoms with E-state index in [2.05, 4.69) is 47.8 Å². The number of ether oxygens (including phenoxy) is 5. The molecule has 508 valence electrons. The number of nitrogens with two attached hydrogens (primary N) is 1. The summed E-state index contributed by atoms with van der Waals surface area (Å²) in [6.07, 6.45) is 2.70. The lowest BCUT2D eigenvalue weighted by Gasteiger charge is -2.41. The zero-order chi connectivity index (χ0) is 68.7. The smallest absolute Gasteiger partial charge is 0.328 e. The van der Waals surface area contributed by atoms with E-state index in [0.717, 1.165) is 16.0 Å². The summed E-state index contributed by atoms with van der Waals surface area (Å²) in [6.45, 7) is 15.9. The number of nitrogens with zero attached hydrogens (tertiary/aromatic N) is 2. The molecule has 0 unspecified atom stereocenters. The second-order valence-electron chi connectivity index (χ2n) is 25.8. The maximum Gasteiger partial charge on any atom is 0.328 e. The molecule has 0 saturated carbocycles. The molecule has 0 radical (unpaired) electrons. The number of hydrogen-bond donors (Lipinski definition) is 5. The number of allylic oxidation sites excluding steroid dienone is 3. The van der Waals surface area contributed by atoms with Crippen LogP contribution < -0.4 is 26.6 Å². The van der Waals surface area contributed by atoms with Gasteiger partial charge < -0.3 is 60.3 Å². The van der Waals surface area contributed by atoms with Crippen molar-refractivity contribution in [3.8, 4) is 0 Å². The van der Waals surface area contributed by atoms with Gasteiger partial charge in [0.05, 0.1) is 41.6 Å². The summed E-state index contributed by atoms with van der Waals surface area (Å²) < 4.78 is 30.0. The normalized spacial score (nSPS) is 23.8. The van der Waals surface area contributed by atoms with E-state index in [9.17, 15) is 53.1 Å². The number of ketones is 2. The van der Waals surface area contributed by atoms with Crippen LogP contribution in [0.15, 0.2) is 54.1 Å². The van der Waals surface area contributed by atoms with Gasteiger partial charge in [0, 0.05) is 94.1 Å². The number of epoxide rings is 1. The number of unbranched alkanes of at least 4 members (excludes halogenated alkanes) is 1. The van der Waals surface area contributed by atoms with E-state index in [-0.39, 0.29) is 85.3 Å². The molecule has 22 nitrogen and oxygen atoms in total. The zero-order valence-corrected chi connectivity index (χ0v) is 59.1. The largest absolute Gasteiger partial charge is 0.462 e. The molecular formula is C67H93Br2ClN6O16. The van der Waals surface area contributed by atoms with Gasteiger partial charge in [-0.05, 0) is 121 Å². The Balaban J connectivity index is 1.36. The highest BCUT2D eigenvalue weighted by atomic mass is 79.9. The van der Waals surface area contributed by atoms with Crippen molar-refractivity contribution in [2.24, 2.45) is 29.4 Å². The molecule has 10 atom stereocenters. The first-order chi connectivity index (χ1) is 43.1. The molecule has 3 aliphatic heterocycles. The Morgan fingerprint density at radius 3 is 2.32 bits per heavy atom. The van der Waals surface area contributed by atoms with Crippen LogP contribution in [0.2, 0.25) is 5.02 Å². The third-order valence-corrected chi connectivity index (χ3v) is 19.8. The van der Waals surface area contributed by atoms with Crippen LogP contribution in [0.1, 0.15) is 157 Å². The number of rotatable bonds is 27. The van der Waals surface area contributed by atoms with Crippen molar-refractivity contribution in [1.29, 1.82) is 0 Å². The van der Waals surface area contributed by atoms with Gasteiger partial charge in [-0.3, -0.25) is 38.4 Å². The minimum absolute atomic E-state index is 0.0260. The van der Waals surface area contributed by atoms with Gasteiger partial charge in [0.2, 0.25) is 11.8 Å². The van der Waals surface area contributed by atoms with E-state index in [1.165, 1.54) is 51.2 Å². The molecule has 4 bridgehead atoms. The first-order valence-corrected chi connectivity index (χ1v) is 33.8. The lowest BCUT2D eigenvalue weighted by molar-refractivity contribution is -0.187. The average Bonchev–Trinajstić information content (AvgIpc) is 1.57. The second-order valence-corrected chi connectivity index (χ2v) is 27.5. The van der Waals surface area contributed by atoms with Gasteiger partial charge in [0.25, 0.3) is 11.8 Å². The number of anilines is 1. The number of aliphatic hydroxyl groups is 1. The number of carbonyl (C=O) groups excluding carboxylic acids is 10. The van der Waals surface area contributed by atoms with Crippen LogP contribution in [0.5, 0.6) is 0 Å². The van der Waals surface area contributed by atoms with E-state index < -0.39 is 125 Å². The fourth-order valence-corrected chi connectivity index (χ4v) is 13.6. The second kappa shape index (κ2) is 33.9. The molecule has 6 amide bonds. The molecular weight excluding hydrogens is 1340 g/mol. The third kappa shape index (κ3) is 20.5. The van der Waals surface area contributed by atoms with Gasteiger partial charge in [-0.2, -0.15) is 0 Å². The van der Waals surface area contributed by atoms with Crippen molar-refractivity contribution in [2.75, 3.05) is 50.4 Å². The summed E-state index contributed by atoms with van der Waals surface area (Å²) in [5, 5.41) is 21.2. The van der Waals surface area contributed by atoms with Crippen LogP contribution in [0.4, 0.5) is 10.5 Å². The van der Waals surface area contributed by atoms with Gasteiger partial charge >= 0.3 is 23.9 Å². The molecule has 25 heteroatoms. The molecule has 3 heterocycles. The van der Waals surface area contributed by atoms with Crippen LogP contribution in [-0.2, 0) is 70.1 Å². The number of amides is 6. The number of aryl methyl sites for hydroxylation is 1. The van der Waals surface area contributed by atoms with Gasteiger partial charge in [0.15, 0.2) is 5.78 Å². The first-order valence-electron chi connectivity index (χ1n) is 31.2. The summed E-state index contributed by atoms with van der Waals surface area (Å²) in [4.78, 5) is 139. The molecule has 2 fully saturated rings. The van der Waals surface area contributed by atoms with Crippen molar-refractivity contribution in [3.63, 3.8) is 0 Å². The molecule has 0 spiro atoms. The summed E-state index contributed by atoms with van der Waals surface area (Å²) in [5.74, 6) is -7.05. The quantitative estimate of drug-likeness (QED) is 0.0185. The highest BCUT2D eigenvalue weighted by Crippen LogP contribution is 2.50. The molecule has 0 aromatic heterocycles. The molecule has 3 aliphatic rings. The third-order valence-electron chi connectivity index (χ3n) is 17.7.